The summed E-state index contributed by atoms with van der Waals surface area (Å²) in [5.41, 5.74) is 1.01. The maximum absolute atomic E-state index is 13.0. The van der Waals surface area contributed by atoms with Crippen LogP contribution in [-0.4, -0.2) is 65.6 Å². The molecule has 2 saturated heterocycles. The molecule has 0 saturated carbocycles. The highest BCUT2D eigenvalue weighted by Gasteiger charge is 2.47. The fraction of sp³-hybridized carbons (Fsp3) is 0.500. The SMILES string of the molecule is COCc1nnc(-c2cccc(C(=O)N3CCC4(CCN(C)C4=O)CC3)c2)o1. The summed E-state index contributed by atoms with van der Waals surface area (Å²) in [7, 11) is 3.42. The molecule has 2 aliphatic rings. The molecule has 0 aliphatic carbocycles. The van der Waals surface area contributed by atoms with E-state index in [4.69, 9.17) is 9.15 Å². The van der Waals surface area contributed by atoms with Crippen molar-refractivity contribution in [1.82, 2.24) is 20.0 Å². The smallest absolute Gasteiger partial charge is 0.253 e. The Labute approximate surface area is 163 Å². The first-order chi connectivity index (χ1) is 13.5. The molecule has 0 radical (unpaired) electrons. The first-order valence-electron chi connectivity index (χ1n) is 9.49. The predicted molar refractivity (Wildman–Crippen MR) is 100 cm³/mol. The quantitative estimate of drug-likeness (QED) is 0.801. The topological polar surface area (TPSA) is 88.8 Å². The summed E-state index contributed by atoms with van der Waals surface area (Å²) in [4.78, 5) is 29.1. The van der Waals surface area contributed by atoms with E-state index >= 15 is 0 Å². The highest BCUT2D eigenvalue weighted by Crippen LogP contribution is 2.41. The summed E-state index contributed by atoms with van der Waals surface area (Å²) in [5, 5.41) is 7.95. The van der Waals surface area contributed by atoms with E-state index in [-0.39, 0.29) is 23.8 Å². The predicted octanol–water partition coefficient (Wildman–Crippen LogP) is 1.97. The molecule has 4 rings (SSSR count). The van der Waals surface area contributed by atoms with E-state index in [0.29, 0.717) is 36.0 Å². The van der Waals surface area contributed by atoms with Crippen molar-refractivity contribution in [2.75, 3.05) is 33.8 Å². The number of benzene rings is 1. The van der Waals surface area contributed by atoms with E-state index in [0.717, 1.165) is 25.8 Å². The van der Waals surface area contributed by atoms with Crippen molar-refractivity contribution < 1.29 is 18.7 Å². The lowest BCUT2D eigenvalue weighted by Gasteiger charge is -2.37. The van der Waals surface area contributed by atoms with E-state index in [1.54, 1.807) is 19.2 Å². The summed E-state index contributed by atoms with van der Waals surface area (Å²) in [6, 6.07) is 7.20. The van der Waals surface area contributed by atoms with Crippen LogP contribution in [-0.2, 0) is 16.1 Å². The molecule has 8 nitrogen and oxygen atoms in total. The molecule has 0 bridgehead atoms. The minimum Gasteiger partial charge on any atom is -0.418 e. The average Bonchev–Trinajstić information content (AvgIpc) is 3.30. The van der Waals surface area contributed by atoms with Crippen LogP contribution in [0, 0.1) is 5.41 Å². The molecule has 0 N–H and O–H groups in total. The second-order valence-corrected chi connectivity index (χ2v) is 7.56. The van der Waals surface area contributed by atoms with E-state index in [1.165, 1.54) is 0 Å². The van der Waals surface area contributed by atoms with Crippen molar-refractivity contribution in [3.05, 3.63) is 35.7 Å². The van der Waals surface area contributed by atoms with Gasteiger partial charge in [-0.3, -0.25) is 9.59 Å². The standard InChI is InChI=1S/C20H24N4O4/c1-23-9-6-20(19(23)26)7-10-24(11-8-20)18(25)15-5-3-4-14(12-15)17-22-21-16(28-17)13-27-2/h3-5,12H,6-11,13H2,1-2H3. The van der Waals surface area contributed by atoms with Crippen molar-refractivity contribution >= 4 is 11.8 Å². The molecule has 0 unspecified atom stereocenters. The number of methoxy groups -OCH3 is 1. The summed E-state index contributed by atoms with van der Waals surface area (Å²) in [5.74, 6) is 0.942. The highest BCUT2D eigenvalue weighted by atomic mass is 16.5. The number of hydrogen-bond acceptors (Lipinski definition) is 6. The normalized spacial score (nSPS) is 18.9. The summed E-state index contributed by atoms with van der Waals surface area (Å²) >= 11 is 0. The maximum atomic E-state index is 13.0. The second kappa shape index (κ2) is 7.35. The Morgan fingerprint density at radius 3 is 2.64 bits per heavy atom. The molecule has 3 heterocycles. The number of hydrogen-bond donors (Lipinski definition) is 0. The van der Waals surface area contributed by atoms with Gasteiger partial charge in [0.05, 0.1) is 5.41 Å². The Hall–Kier alpha value is -2.74. The number of likely N-dealkylation sites (tertiary alicyclic amines) is 2. The minimum absolute atomic E-state index is 0.0351. The van der Waals surface area contributed by atoms with Gasteiger partial charge in [0.15, 0.2) is 0 Å². The van der Waals surface area contributed by atoms with Gasteiger partial charge in [-0.15, -0.1) is 10.2 Å². The van der Waals surface area contributed by atoms with Gasteiger partial charge in [0.2, 0.25) is 17.7 Å². The van der Waals surface area contributed by atoms with Crippen molar-refractivity contribution in [3.63, 3.8) is 0 Å². The molecule has 2 fully saturated rings. The van der Waals surface area contributed by atoms with E-state index in [1.807, 2.05) is 29.0 Å². The van der Waals surface area contributed by atoms with Gasteiger partial charge in [0.25, 0.3) is 5.91 Å². The Morgan fingerprint density at radius 2 is 1.96 bits per heavy atom. The first-order valence-corrected chi connectivity index (χ1v) is 9.49. The minimum atomic E-state index is -0.269. The van der Waals surface area contributed by atoms with E-state index in [2.05, 4.69) is 10.2 Å². The molecule has 0 atom stereocenters. The molecule has 1 aromatic carbocycles. The molecular formula is C20H24N4O4. The van der Waals surface area contributed by atoms with Crippen molar-refractivity contribution in [3.8, 4) is 11.5 Å². The Bertz CT molecular complexity index is 886. The van der Waals surface area contributed by atoms with Crippen LogP contribution < -0.4 is 0 Å². The largest absolute Gasteiger partial charge is 0.418 e. The first kappa shape index (κ1) is 18.6. The number of ether oxygens (including phenoxy) is 1. The number of aromatic nitrogens is 2. The average molecular weight is 384 g/mol. The van der Waals surface area contributed by atoms with Crippen LogP contribution in [0.2, 0.25) is 0 Å². The Morgan fingerprint density at radius 1 is 1.21 bits per heavy atom. The number of amides is 2. The second-order valence-electron chi connectivity index (χ2n) is 7.56. The maximum Gasteiger partial charge on any atom is 0.253 e. The number of carbonyl (C=O) groups is 2. The number of nitrogens with zero attached hydrogens (tertiary/aromatic N) is 4. The lowest BCUT2D eigenvalue weighted by atomic mass is 9.77. The van der Waals surface area contributed by atoms with Crippen molar-refractivity contribution in [1.29, 1.82) is 0 Å². The number of rotatable bonds is 4. The van der Waals surface area contributed by atoms with Crippen LogP contribution >= 0.6 is 0 Å². The van der Waals surface area contributed by atoms with Gasteiger partial charge in [-0.25, -0.2) is 0 Å². The Kier molecular flexibility index (Phi) is 4.89. The number of piperidine rings is 1. The molecule has 8 heteroatoms. The van der Waals surface area contributed by atoms with Gasteiger partial charge >= 0.3 is 0 Å². The monoisotopic (exact) mass is 384 g/mol. The lowest BCUT2D eigenvalue weighted by Crippen LogP contribution is -2.46. The van der Waals surface area contributed by atoms with Gasteiger partial charge in [0, 0.05) is 44.9 Å². The van der Waals surface area contributed by atoms with Crippen LogP contribution in [0.5, 0.6) is 0 Å². The van der Waals surface area contributed by atoms with Gasteiger partial charge in [-0.1, -0.05) is 6.07 Å². The van der Waals surface area contributed by atoms with Gasteiger partial charge in [-0.2, -0.15) is 0 Å². The van der Waals surface area contributed by atoms with E-state index in [9.17, 15) is 9.59 Å². The van der Waals surface area contributed by atoms with Crippen LogP contribution in [0.25, 0.3) is 11.5 Å². The third-order valence-electron chi connectivity index (χ3n) is 5.83. The molecule has 2 aliphatic heterocycles. The summed E-state index contributed by atoms with van der Waals surface area (Å²) in [6.45, 7) is 2.25. The van der Waals surface area contributed by atoms with Crippen molar-refractivity contribution in [2.24, 2.45) is 5.41 Å². The zero-order chi connectivity index (χ0) is 19.7. The fourth-order valence-electron chi connectivity index (χ4n) is 4.12. The molecule has 148 valence electrons. The molecule has 28 heavy (non-hydrogen) atoms. The molecular weight excluding hydrogens is 360 g/mol. The summed E-state index contributed by atoms with van der Waals surface area (Å²) < 4.78 is 10.5. The van der Waals surface area contributed by atoms with Crippen molar-refractivity contribution in [2.45, 2.75) is 25.9 Å². The van der Waals surface area contributed by atoms with Gasteiger partial charge in [0.1, 0.15) is 6.61 Å². The van der Waals surface area contributed by atoms with E-state index < -0.39 is 0 Å². The number of carbonyl (C=O) groups excluding carboxylic acids is 2. The third kappa shape index (κ3) is 3.28. The molecule has 2 aromatic rings. The van der Waals surface area contributed by atoms with Crippen LogP contribution in [0.15, 0.2) is 28.7 Å². The molecule has 2 amide bonds. The molecule has 1 spiro atoms. The lowest BCUT2D eigenvalue weighted by molar-refractivity contribution is -0.137. The highest BCUT2D eigenvalue weighted by molar-refractivity contribution is 5.95. The third-order valence-corrected chi connectivity index (χ3v) is 5.83. The zero-order valence-corrected chi connectivity index (χ0v) is 16.2. The fourth-order valence-corrected chi connectivity index (χ4v) is 4.12. The summed E-state index contributed by atoms with van der Waals surface area (Å²) in [6.07, 6.45) is 2.35. The molecule has 1 aromatic heterocycles. The van der Waals surface area contributed by atoms with Crippen LogP contribution in [0.4, 0.5) is 0 Å². The zero-order valence-electron chi connectivity index (χ0n) is 16.2. The van der Waals surface area contributed by atoms with Crippen LogP contribution in [0.1, 0.15) is 35.5 Å². The Balaban J connectivity index is 1.46. The van der Waals surface area contributed by atoms with Gasteiger partial charge < -0.3 is 19.0 Å². The van der Waals surface area contributed by atoms with Crippen LogP contribution in [0.3, 0.4) is 0 Å². The van der Waals surface area contributed by atoms with Gasteiger partial charge in [-0.05, 0) is 37.5 Å².